The Morgan fingerprint density at radius 1 is 0.531 bits per heavy atom. The Morgan fingerprint density at radius 2 is 0.781 bits per heavy atom. The molecule has 0 aliphatic rings. The predicted molar refractivity (Wildman–Crippen MR) is 65.0 cm³/mol. The second kappa shape index (κ2) is 7.76. The minimum absolute atomic E-state index is 3.79. The normalized spacial score (nSPS) is 17.5. The Balaban J connectivity index is 6.72. The third-order valence-electron chi connectivity index (χ3n) is 3.51. The lowest BCUT2D eigenvalue weighted by molar-refractivity contribution is -0.462. The summed E-state index contributed by atoms with van der Waals surface area (Å²) in [6, 6.07) is 0. The maximum Gasteiger partial charge on any atom is 0.460 e. The Bertz CT molecular complexity index is 799. The fraction of sp³-hybridized carbons (Fsp3) is 1.00. The zero-order valence-electron chi connectivity index (χ0n) is 13.7. The molecule has 0 bridgehead atoms. The summed E-state index contributed by atoms with van der Waals surface area (Å²) in [7, 11) is -1.95. The van der Waals surface area contributed by atoms with Gasteiger partial charge in [0.2, 0.25) is 5.50 Å². The number of alkyl halides is 18. The number of hydrogen-bond donors (Lipinski definition) is 0. The minimum Gasteiger partial charge on any atom is -0.228 e. The molecule has 0 saturated heterocycles. The lowest BCUT2D eigenvalue weighted by Gasteiger charge is -2.42. The fourth-order valence-electron chi connectivity index (χ4n) is 1.63. The van der Waals surface area contributed by atoms with Crippen molar-refractivity contribution in [2.24, 2.45) is 0 Å². The van der Waals surface area contributed by atoms with Crippen molar-refractivity contribution in [3.63, 3.8) is 0 Å². The third kappa shape index (κ3) is 4.26. The van der Waals surface area contributed by atoms with Crippen molar-refractivity contribution >= 4 is 19.7 Å². The van der Waals surface area contributed by atoms with Gasteiger partial charge in [0, 0.05) is 10.7 Å². The zero-order valence-corrected chi connectivity index (χ0v) is 15.3. The highest BCUT2D eigenvalue weighted by Gasteiger charge is 2.95. The summed E-state index contributed by atoms with van der Waals surface area (Å²) in [5.74, 6) is -58.6. The summed E-state index contributed by atoms with van der Waals surface area (Å²) in [6.45, 7) is 0. The van der Waals surface area contributed by atoms with Crippen LogP contribution in [0, 0.1) is 0 Å². The highest BCUT2D eigenvalue weighted by Crippen LogP contribution is 2.64. The summed E-state index contributed by atoms with van der Waals surface area (Å²) < 4.78 is 253. The summed E-state index contributed by atoms with van der Waals surface area (Å²) in [6.07, 6.45) is -11.7. The molecule has 0 aliphatic carbocycles. The van der Waals surface area contributed by atoms with Crippen LogP contribution >= 0.6 is 10.7 Å². The van der Waals surface area contributed by atoms with Gasteiger partial charge in [-0.1, -0.05) is 0 Å². The molecule has 0 aromatic carbocycles. The molecule has 194 valence electrons. The van der Waals surface area contributed by atoms with Gasteiger partial charge in [-0.3, -0.25) is 0 Å². The van der Waals surface area contributed by atoms with Crippen LogP contribution in [0.3, 0.4) is 0 Å². The maximum atomic E-state index is 13.3. The van der Waals surface area contributed by atoms with Crippen LogP contribution in [0.4, 0.5) is 79.0 Å². The molecule has 0 rings (SSSR count). The van der Waals surface area contributed by atoms with Gasteiger partial charge in [-0.2, -0.15) is 74.6 Å². The molecule has 0 aromatic heterocycles. The molecule has 0 aromatic rings. The first kappa shape index (κ1) is 31.0. The Morgan fingerprint density at radius 3 is 1.03 bits per heavy atom. The van der Waals surface area contributed by atoms with E-state index in [0.717, 1.165) is 0 Å². The molecule has 0 radical (unpaired) electrons. The topological polar surface area (TPSA) is 34.1 Å². The highest BCUT2D eigenvalue weighted by molar-refractivity contribution is 8.14. The van der Waals surface area contributed by atoms with Gasteiger partial charge in [0.15, 0.2) is 0 Å². The average molecular weight is 565 g/mol. The number of rotatable bonds is 9. The van der Waals surface area contributed by atoms with E-state index < -0.39 is 68.6 Å². The first-order chi connectivity index (χ1) is 13.4. The van der Waals surface area contributed by atoms with Gasteiger partial charge in [0.25, 0.3) is 9.05 Å². The van der Waals surface area contributed by atoms with E-state index in [-0.39, 0.29) is 0 Å². The lowest BCUT2D eigenvalue weighted by atomic mass is 9.88. The van der Waals surface area contributed by atoms with E-state index in [9.17, 15) is 87.4 Å². The van der Waals surface area contributed by atoms with Crippen LogP contribution in [0.1, 0.15) is 6.42 Å². The second-order valence-corrected chi connectivity index (χ2v) is 8.49. The SMILES string of the molecule is O=S(=O)(Cl)C(F)CC(F)(F)C(F)(F)C(F)(F)C(F)(F)C(F)(F)C(F)(F)C(F)(F)C(F)(F)F. The standard InChI is InChI=1S/C10H3ClF18O2S/c11-32(30,31)2(12)1-3(13,14)4(15,16)5(17,18)6(19,20)7(21,22)8(23,24)9(25,26)10(27,28)29/h2H,1H2. The third-order valence-corrected chi connectivity index (χ3v) is 4.87. The van der Waals surface area contributed by atoms with Gasteiger partial charge < -0.3 is 0 Å². The highest BCUT2D eigenvalue weighted by atomic mass is 35.7. The summed E-state index contributed by atoms with van der Waals surface area (Å²) in [5.41, 5.74) is -4.49. The van der Waals surface area contributed by atoms with Crippen LogP contribution in [0.15, 0.2) is 0 Å². The fourth-order valence-corrected chi connectivity index (χ4v) is 2.22. The molecule has 32 heavy (non-hydrogen) atoms. The van der Waals surface area contributed by atoms with Gasteiger partial charge in [-0.15, -0.1) is 0 Å². The minimum atomic E-state index is -8.82. The molecule has 0 spiro atoms. The summed E-state index contributed by atoms with van der Waals surface area (Å²) in [4.78, 5) is 0. The van der Waals surface area contributed by atoms with Crippen LogP contribution in [0.2, 0.25) is 0 Å². The molecular formula is C10H3ClF18O2S. The van der Waals surface area contributed by atoms with Crippen molar-refractivity contribution in [3.05, 3.63) is 0 Å². The first-order valence-corrected chi connectivity index (χ1v) is 9.04. The summed E-state index contributed by atoms with van der Waals surface area (Å²) >= 11 is 0. The van der Waals surface area contributed by atoms with E-state index in [4.69, 9.17) is 0 Å². The van der Waals surface area contributed by atoms with Crippen molar-refractivity contribution in [1.82, 2.24) is 0 Å². The maximum absolute atomic E-state index is 13.3. The molecule has 2 nitrogen and oxygen atoms in total. The molecule has 0 heterocycles. The monoisotopic (exact) mass is 564 g/mol. The van der Waals surface area contributed by atoms with E-state index in [1.165, 1.54) is 0 Å². The van der Waals surface area contributed by atoms with Crippen molar-refractivity contribution in [2.45, 2.75) is 59.6 Å². The molecular weight excluding hydrogens is 562 g/mol. The van der Waals surface area contributed by atoms with Gasteiger partial charge in [0.05, 0.1) is 6.42 Å². The molecule has 0 N–H and O–H groups in total. The number of halogens is 19. The van der Waals surface area contributed by atoms with Gasteiger partial charge in [-0.25, -0.2) is 12.8 Å². The van der Waals surface area contributed by atoms with Crippen LogP contribution in [0.5, 0.6) is 0 Å². The lowest BCUT2D eigenvalue weighted by Crippen LogP contribution is -2.74. The van der Waals surface area contributed by atoms with Gasteiger partial charge in [-0.05, 0) is 0 Å². The smallest absolute Gasteiger partial charge is 0.228 e. The molecule has 22 heteroatoms. The molecule has 0 saturated carbocycles. The molecule has 1 atom stereocenters. The van der Waals surface area contributed by atoms with Crippen molar-refractivity contribution < 1.29 is 87.4 Å². The summed E-state index contributed by atoms with van der Waals surface area (Å²) in [5, 5.41) is 0. The van der Waals surface area contributed by atoms with Crippen LogP contribution in [-0.2, 0) is 9.05 Å². The van der Waals surface area contributed by atoms with E-state index >= 15 is 0 Å². The van der Waals surface area contributed by atoms with E-state index in [0.29, 0.717) is 0 Å². The van der Waals surface area contributed by atoms with Gasteiger partial charge in [0.1, 0.15) is 0 Å². The van der Waals surface area contributed by atoms with E-state index in [1.54, 1.807) is 0 Å². The Kier molecular flexibility index (Phi) is 7.51. The van der Waals surface area contributed by atoms with Crippen LogP contribution in [0.25, 0.3) is 0 Å². The second-order valence-electron chi connectivity index (χ2n) is 5.74. The Labute approximate surface area is 167 Å². The first-order valence-electron chi connectivity index (χ1n) is 6.67. The van der Waals surface area contributed by atoms with Gasteiger partial charge >= 0.3 is 47.6 Å². The van der Waals surface area contributed by atoms with E-state index in [1.807, 2.05) is 0 Å². The van der Waals surface area contributed by atoms with Crippen LogP contribution in [-0.4, -0.2) is 61.6 Å². The molecule has 0 aliphatic heterocycles. The average Bonchev–Trinajstić information content (AvgIpc) is 2.51. The molecule has 1 unspecified atom stereocenters. The predicted octanol–water partition coefficient (Wildman–Crippen LogP) is 6.25. The number of hydrogen-bond acceptors (Lipinski definition) is 2. The van der Waals surface area contributed by atoms with Crippen molar-refractivity contribution in [1.29, 1.82) is 0 Å². The van der Waals surface area contributed by atoms with Crippen molar-refractivity contribution in [2.75, 3.05) is 0 Å². The molecule has 0 amide bonds. The quantitative estimate of drug-likeness (QED) is 0.245. The Hall–Kier alpha value is -1.02. The van der Waals surface area contributed by atoms with Crippen LogP contribution < -0.4 is 0 Å². The van der Waals surface area contributed by atoms with E-state index in [2.05, 4.69) is 10.7 Å². The largest absolute Gasteiger partial charge is 0.460 e. The molecule has 0 fully saturated rings. The zero-order chi connectivity index (χ0) is 26.8. The van der Waals surface area contributed by atoms with Crippen molar-refractivity contribution in [3.8, 4) is 0 Å².